The Bertz CT molecular complexity index is 410. The second-order valence-electron chi connectivity index (χ2n) is 5.02. The zero-order valence-electron chi connectivity index (χ0n) is 12.9. The maximum absolute atomic E-state index is 5.94. The first-order chi connectivity index (χ1) is 10.2. The average Bonchev–Trinajstić information content (AvgIpc) is 2.96. The largest absolute Gasteiger partial charge is 0.385 e. The minimum absolute atomic E-state index is 0.129. The number of thioether (sulfide) groups is 1. The van der Waals surface area contributed by atoms with E-state index in [1.807, 2.05) is 18.7 Å². The van der Waals surface area contributed by atoms with Crippen molar-refractivity contribution in [2.75, 3.05) is 27.6 Å². The molecular weight excluding hydrogens is 308 g/mol. The van der Waals surface area contributed by atoms with E-state index < -0.39 is 0 Å². The second kappa shape index (κ2) is 9.12. The molecule has 1 aliphatic rings. The third-order valence-corrected chi connectivity index (χ3v) is 6.04. The van der Waals surface area contributed by atoms with E-state index in [9.17, 15) is 0 Å². The van der Waals surface area contributed by atoms with Gasteiger partial charge in [-0.25, -0.2) is 0 Å². The lowest BCUT2D eigenvalue weighted by atomic mass is 10.0. The Hall–Kier alpha value is -0.110. The smallest absolute Gasteiger partial charge is 0.157 e. The van der Waals surface area contributed by atoms with Crippen molar-refractivity contribution in [3.63, 3.8) is 0 Å². The molecule has 0 saturated carbocycles. The molecule has 4 nitrogen and oxygen atoms in total. The third kappa shape index (κ3) is 5.23. The van der Waals surface area contributed by atoms with Crippen molar-refractivity contribution in [2.24, 2.45) is 0 Å². The van der Waals surface area contributed by atoms with E-state index in [1.165, 1.54) is 9.77 Å². The lowest BCUT2D eigenvalue weighted by Crippen LogP contribution is -2.20. The molecule has 1 aromatic heterocycles. The molecule has 0 aromatic carbocycles. The Morgan fingerprint density at radius 2 is 2.24 bits per heavy atom. The number of methoxy groups -OCH3 is 2. The molecule has 0 aliphatic carbocycles. The molecule has 0 N–H and O–H groups in total. The van der Waals surface area contributed by atoms with Crippen LogP contribution in [0.3, 0.4) is 0 Å². The van der Waals surface area contributed by atoms with Gasteiger partial charge in [-0.3, -0.25) is 0 Å². The molecule has 3 atom stereocenters. The van der Waals surface area contributed by atoms with Crippen molar-refractivity contribution >= 4 is 23.1 Å². The van der Waals surface area contributed by atoms with Crippen molar-refractivity contribution in [3.05, 3.63) is 17.0 Å². The van der Waals surface area contributed by atoms with Crippen molar-refractivity contribution in [2.45, 2.75) is 48.0 Å². The SMILES string of the molecule is COCCCC1CC(OCOC(C)OC)c2ccsc2S1. The highest BCUT2D eigenvalue weighted by atomic mass is 32.2. The number of ether oxygens (including phenoxy) is 4. The fourth-order valence-corrected chi connectivity index (χ4v) is 4.95. The number of rotatable bonds is 9. The fourth-order valence-electron chi connectivity index (χ4n) is 2.28. The predicted octanol–water partition coefficient (Wildman–Crippen LogP) is 4.06. The van der Waals surface area contributed by atoms with Crippen LogP contribution in [-0.4, -0.2) is 39.2 Å². The highest BCUT2D eigenvalue weighted by Gasteiger charge is 2.29. The lowest BCUT2D eigenvalue weighted by Gasteiger charge is -2.29. The van der Waals surface area contributed by atoms with Gasteiger partial charge in [0.15, 0.2) is 13.1 Å². The Kier molecular flexibility index (Phi) is 7.49. The first-order valence-electron chi connectivity index (χ1n) is 7.23. The number of thiophene rings is 1. The van der Waals surface area contributed by atoms with E-state index in [2.05, 4.69) is 11.4 Å². The second-order valence-corrected chi connectivity index (χ2v) is 7.50. The van der Waals surface area contributed by atoms with Gasteiger partial charge >= 0.3 is 0 Å². The summed E-state index contributed by atoms with van der Waals surface area (Å²) in [5.41, 5.74) is 1.31. The van der Waals surface area contributed by atoms with Crippen molar-refractivity contribution in [3.8, 4) is 0 Å². The van der Waals surface area contributed by atoms with E-state index in [1.54, 1.807) is 25.6 Å². The van der Waals surface area contributed by atoms with Crippen LogP contribution in [-0.2, 0) is 18.9 Å². The lowest BCUT2D eigenvalue weighted by molar-refractivity contribution is -0.190. The maximum atomic E-state index is 5.94. The summed E-state index contributed by atoms with van der Waals surface area (Å²) in [6.07, 6.45) is 3.18. The van der Waals surface area contributed by atoms with Crippen LogP contribution in [0.5, 0.6) is 0 Å². The van der Waals surface area contributed by atoms with Gasteiger partial charge < -0.3 is 18.9 Å². The van der Waals surface area contributed by atoms with E-state index >= 15 is 0 Å². The monoisotopic (exact) mass is 332 g/mol. The van der Waals surface area contributed by atoms with E-state index in [0.717, 1.165) is 25.9 Å². The van der Waals surface area contributed by atoms with Gasteiger partial charge in [-0.15, -0.1) is 23.1 Å². The van der Waals surface area contributed by atoms with Crippen LogP contribution in [0, 0.1) is 0 Å². The molecule has 0 saturated heterocycles. The summed E-state index contributed by atoms with van der Waals surface area (Å²) >= 11 is 3.78. The normalized spacial score (nSPS) is 23.0. The van der Waals surface area contributed by atoms with E-state index in [4.69, 9.17) is 18.9 Å². The van der Waals surface area contributed by atoms with Crippen LogP contribution in [0.25, 0.3) is 0 Å². The molecule has 0 fully saturated rings. The van der Waals surface area contributed by atoms with Crippen LogP contribution in [0.15, 0.2) is 15.7 Å². The van der Waals surface area contributed by atoms with Crippen molar-refractivity contribution in [1.82, 2.24) is 0 Å². The Labute approximate surface area is 135 Å². The Morgan fingerprint density at radius 1 is 1.38 bits per heavy atom. The Morgan fingerprint density at radius 3 is 3.00 bits per heavy atom. The van der Waals surface area contributed by atoms with Crippen molar-refractivity contribution < 1.29 is 18.9 Å². The molecule has 0 radical (unpaired) electrons. The number of hydrogen-bond acceptors (Lipinski definition) is 6. The summed E-state index contributed by atoms with van der Waals surface area (Å²) in [6.45, 7) is 2.96. The van der Waals surface area contributed by atoms with Gasteiger partial charge in [0.1, 0.15) is 0 Å². The third-order valence-electron chi connectivity index (χ3n) is 3.53. The summed E-state index contributed by atoms with van der Waals surface area (Å²) in [4.78, 5) is 0. The van der Waals surface area contributed by atoms with Gasteiger partial charge in [0.2, 0.25) is 0 Å². The van der Waals surface area contributed by atoms with Crippen LogP contribution >= 0.6 is 23.1 Å². The molecule has 0 amide bonds. The molecule has 21 heavy (non-hydrogen) atoms. The molecule has 0 bridgehead atoms. The summed E-state index contributed by atoms with van der Waals surface area (Å²) in [5.74, 6) is 0. The molecule has 2 rings (SSSR count). The van der Waals surface area contributed by atoms with E-state index in [-0.39, 0.29) is 19.2 Å². The van der Waals surface area contributed by atoms with Crippen LogP contribution in [0.1, 0.15) is 37.9 Å². The van der Waals surface area contributed by atoms with Gasteiger partial charge in [0, 0.05) is 31.6 Å². The maximum Gasteiger partial charge on any atom is 0.157 e. The quantitative estimate of drug-likeness (QED) is 0.503. The van der Waals surface area contributed by atoms with Crippen LogP contribution in [0.4, 0.5) is 0 Å². The molecule has 1 aliphatic heterocycles. The molecular formula is C15H24O4S2. The highest BCUT2D eigenvalue weighted by Crippen LogP contribution is 2.46. The van der Waals surface area contributed by atoms with Crippen LogP contribution in [0.2, 0.25) is 0 Å². The molecule has 1 aromatic rings. The summed E-state index contributed by atoms with van der Waals surface area (Å²) in [6, 6.07) is 2.17. The minimum atomic E-state index is -0.234. The summed E-state index contributed by atoms with van der Waals surface area (Å²) in [7, 11) is 3.39. The zero-order chi connectivity index (χ0) is 15.1. The first-order valence-corrected chi connectivity index (χ1v) is 8.99. The summed E-state index contributed by atoms with van der Waals surface area (Å²) in [5, 5.41) is 2.74. The van der Waals surface area contributed by atoms with Gasteiger partial charge in [-0.2, -0.15) is 0 Å². The standard InChI is InChI=1S/C15H24O4S2/c1-11(17-3)18-10-19-14-9-12(5-4-7-16-2)21-15-13(14)6-8-20-15/h6,8,11-12,14H,4-5,7,9-10H2,1-3H3. The Balaban J connectivity index is 1.87. The molecule has 3 unspecified atom stereocenters. The topological polar surface area (TPSA) is 36.9 Å². The average molecular weight is 332 g/mol. The summed E-state index contributed by atoms with van der Waals surface area (Å²) < 4.78 is 23.0. The predicted molar refractivity (Wildman–Crippen MR) is 85.9 cm³/mol. The van der Waals surface area contributed by atoms with Gasteiger partial charge in [-0.1, -0.05) is 0 Å². The molecule has 120 valence electrons. The first kappa shape index (κ1) is 17.2. The minimum Gasteiger partial charge on any atom is -0.385 e. The highest BCUT2D eigenvalue weighted by molar-refractivity contribution is 8.01. The van der Waals surface area contributed by atoms with Crippen molar-refractivity contribution in [1.29, 1.82) is 0 Å². The molecule has 0 spiro atoms. The van der Waals surface area contributed by atoms with Gasteiger partial charge in [-0.05, 0) is 37.6 Å². The van der Waals surface area contributed by atoms with Gasteiger partial charge in [0.05, 0.1) is 10.3 Å². The van der Waals surface area contributed by atoms with Gasteiger partial charge in [0.25, 0.3) is 0 Å². The molecule has 2 heterocycles. The van der Waals surface area contributed by atoms with E-state index in [0.29, 0.717) is 5.25 Å². The molecule has 6 heteroatoms. The number of fused-ring (bicyclic) bond motifs is 1. The zero-order valence-corrected chi connectivity index (χ0v) is 14.5. The fraction of sp³-hybridized carbons (Fsp3) is 0.733. The van der Waals surface area contributed by atoms with Crippen LogP contribution < -0.4 is 0 Å². The number of hydrogen-bond donors (Lipinski definition) is 0.